The Balaban J connectivity index is 1.82. The highest BCUT2D eigenvalue weighted by Gasteiger charge is 2.06. The topological polar surface area (TPSA) is 56.7 Å². The van der Waals surface area contributed by atoms with Crippen LogP contribution in [0.4, 0.5) is 0 Å². The van der Waals surface area contributed by atoms with Crippen molar-refractivity contribution in [1.82, 2.24) is 14.5 Å². The fraction of sp³-hybridized carbons (Fsp3) is 0.385. The third-order valence-electron chi connectivity index (χ3n) is 2.91. The number of pyridine rings is 1. The normalized spacial score (nSPS) is 12.6. The second-order valence-corrected chi connectivity index (χ2v) is 4.31. The van der Waals surface area contributed by atoms with Crippen LogP contribution in [-0.2, 0) is 19.9 Å². The van der Waals surface area contributed by atoms with Gasteiger partial charge in [0, 0.05) is 44.3 Å². The third-order valence-corrected chi connectivity index (χ3v) is 2.91. The Bertz CT molecular complexity index is 449. The van der Waals surface area contributed by atoms with Crippen LogP contribution in [-0.4, -0.2) is 20.6 Å². The minimum atomic E-state index is 0.175. The molecule has 0 fully saturated rings. The predicted octanol–water partition coefficient (Wildman–Crippen LogP) is 1.32. The highest BCUT2D eigenvalue weighted by molar-refractivity contribution is 5.11. The molecule has 2 aromatic heterocycles. The summed E-state index contributed by atoms with van der Waals surface area (Å²) in [7, 11) is 2.01. The molecule has 0 bridgehead atoms. The van der Waals surface area contributed by atoms with Gasteiger partial charge in [0.1, 0.15) is 5.82 Å². The number of rotatable bonds is 5. The van der Waals surface area contributed by atoms with Gasteiger partial charge in [-0.3, -0.25) is 4.98 Å². The van der Waals surface area contributed by atoms with Gasteiger partial charge in [-0.25, -0.2) is 4.98 Å². The Morgan fingerprint density at radius 1 is 1.29 bits per heavy atom. The van der Waals surface area contributed by atoms with Crippen LogP contribution in [0.1, 0.15) is 17.8 Å². The van der Waals surface area contributed by atoms with Crippen molar-refractivity contribution in [1.29, 1.82) is 0 Å². The average Bonchev–Trinajstić information content (AvgIpc) is 2.74. The number of hydrogen-bond acceptors (Lipinski definition) is 3. The molecule has 4 heteroatoms. The van der Waals surface area contributed by atoms with Crippen LogP contribution in [0.2, 0.25) is 0 Å². The number of nitrogens with two attached hydrogens (primary N) is 1. The van der Waals surface area contributed by atoms with E-state index in [9.17, 15) is 0 Å². The molecular formula is C13H18N4. The van der Waals surface area contributed by atoms with E-state index in [2.05, 4.69) is 9.97 Å². The van der Waals surface area contributed by atoms with E-state index in [4.69, 9.17) is 5.73 Å². The van der Waals surface area contributed by atoms with E-state index in [1.165, 1.54) is 5.56 Å². The molecule has 0 spiro atoms. The van der Waals surface area contributed by atoms with Gasteiger partial charge in [-0.05, 0) is 30.5 Å². The van der Waals surface area contributed by atoms with Crippen molar-refractivity contribution in [3.05, 3.63) is 48.3 Å². The first-order valence-electron chi connectivity index (χ1n) is 5.86. The quantitative estimate of drug-likeness (QED) is 0.842. The lowest BCUT2D eigenvalue weighted by molar-refractivity contribution is 0.589. The van der Waals surface area contributed by atoms with E-state index in [0.717, 1.165) is 25.1 Å². The summed E-state index contributed by atoms with van der Waals surface area (Å²) in [6.45, 7) is 0. The molecule has 0 aromatic carbocycles. The molecule has 0 saturated carbocycles. The van der Waals surface area contributed by atoms with Crippen molar-refractivity contribution in [2.45, 2.75) is 25.3 Å². The molecule has 2 rings (SSSR count). The van der Waals surface area contributed by atoms with Crippen molar-refractivity contribution in [2.24, 2.45) is 12.8 Å². The molecule has 17 heavy (non-hydrogen) atoms. The largest absolute Gasteiger partial charge is 0.338 e. The second kappa shape index (κ2) is 5.59. The van der Waals surface area contributed by atoms with Crippen LogP contribution in [0.15, 0.2) is 36.9 Å². The van der Waals surface area contributed by atoms with E-state index in [0.29, 0.717) is 0 Å². The standard InChI is InChI=1S/C13H18N4/c1-17-9-8-16-13(17)3-2-12(14)10-11-4-6-15-7-5-11/h4-9,12H,2-3,10,14H2,1H3. The number of aryl methyl sites for hydroxylation is 2. The maximum absolute atomic E-state index is 6.11. The van der Waals surface area contributed by atoms with Crippen molar-refractivity contribution in [3.63, 3.8) is 0 Å². The molecule has 2 aromatic rings. The molecule has 0 radical (unpaired) electrons. The van der Waals surface area contributed by atoms with Gasteiger partial charge in [-0.15, -0.1) is 0 Å². The molecule has 2 heterocycles. The van der Waals surface area contributed by atoms with Gasteiger partial charge >= 0.3 is 0 Å². The average molecular weight is 230 g/mol. The van der Waals surface area contributed by atoms with Crippen molar-refractivity contribution < 1.29 is 0 Å². The predicted molar refractivity (Wildman–Crippen MR) is 67.4 cm³/mol. The zero-order chi connectivity index (χ0) is 12.1. The van der Waals surface area contributed by atoms with E-state index in [1.807, 2.05) is 36.1 Å². The molecule has 2 N–H and O–H groups in total. The molecule has 0 amide bonds. The summed E-state index contributed by atoms with van der Waals surface area (Å²) < 4.78 is 2.04. The SMILES string of the molecule is Cn1ccnc1CCC(N)Cc1ccncc1. The Morgan fingerprint density at radius 3 is 2.71 bits per heavy atom. The Morgan fingerprint density at radius 2 is 2.06 bits per heavy atom. The summed E-state index contributed by atoms with van der Waals surface area (Å²) in [5, 5.41) is 0. The van der Waals surface area contributed by atoms with Gasteiger partial charge in [0.15, 0.2) is 0 Å². The van der Waals surface area contributed by atoms with E-state index < -0.39 is 0 Å². The zero-order valence-corrected chi connectivity index (χ0v) is 10.1. The molecular weight excluding hydrogens is 212 g/mol. The van der Waals surface area contributed by atoms with Crippen LogP contribution < -0.4 is 5.73 Å². The van der Waals surface area contributed by atoms with Crippen molar-refractivity contribution in [3.8, 4) is 0 Å². The lowest BCUT2D eigenvalue weighted by Crippen LogP contribution is -2.24. The number of imidazole rings is 1. The first-order valence-corrected chi connectivity index (χ1v) is 5.86. The first-order chi connectivity index (χ1) is 8.25. The van der Waals surface area contributed by atoms with Gasteiger partial charge in [-0.1, -0.05) is 0 Å². The van der Waals surface area contributed by atoms with Gasteiger partial charge in [0.05, 0.1) is 0 Å². The summed E-state index contributed by atoms with van der Waals surface area (Å²) in [4.78, 5) is 8.29. The third kappa shape index (κ3) is 3.39. The Labute approximate surface area is 102 Å². The van der Waals surface area contributed by atoms with Crippen LogP contribution in [0.25, 0.3) is 0 Å². The monoisotopic (exact) mass is 230 g/mol. The molecule has 4 nitrogen and oxygen atoms in total. The van der Waals surface area contributed by atoms with E-state index in [-0.39, 0.29) is 6.04 Å². The second-order valence-electron chi connectivity index (χ2n) is 4.31. The van der Waals surface area contributed by atoms with Crippen LogP contribution in [0, 0.1) is 0 Å². The molecule has 1 unspecified atom stereocenters. The van der Waals surface area contributed by atoms with Crippen LogP contribution in [0.5, 0.6) is 0 Å². The minimum Gasteiger partial charge on any atom is -0.338 e. The zero-order valence-electron chi connectivity index (χ0n) is 10.1. The smallest absolute Gasteiger partial charge is 0.108 e. The highest BCUT2D eigenvalue weighted by atomic mass is 15.0. The summed E-state index contributed by atoms with van der Waals surface area (Å²) in [5.74, 6) is 1.09. The number of hydrogen-bond donors (Lipinski definition) is 1. The Hall–Kier alpha value is -1.68. The van der Waals surface area contributed by atoms with Crippen LogP contribution in [0.3, 0.4) is 0 Å². The fourth-order valence-corrected chi connectivity index (χ4v) is 1.88. The van der Waals surface area contributed by atoms with Crippen LogP contribution >= 0.6 is 0 Å². The summed E-state index contributed by atoms with van der Waals surface area (Å²) in [6, 6.07) is 4.20. The minimum absolute atomic E-state index is 0.175. The Kier molecular flexibility index (Phi) is 3.88. The lowest BCUT2D eigenvalue weighted by atomic mass is 10.0. The van der Waals surface area contributed by atoms with Gasteiger partial charge in [0.2, 0.25) is 0 Å². The molecule has 0 aliphatic rings. The van der Waals surface area contributed by atoms with E-state index >= 15 is 0 Å². The van der Waals surface area contributed by atoms with Crippen molar-refractivity contribution in [2.75, 3.05) is 0 Å². The van der Waals surface area contributed by atoms with Gasteiger partial charge in [-0.2, -0.15) is 0 Å². The summed E-state index contributed by atoms with van der Waals surface area (Å²) in [5.41, 5.74) is 7.36. The molecule has 90 valence electrons. The highest BCUT2D eigenvalue weighted by Crippen LogP contribution is 2.06. The number of aromatic nitrogens is 3. The molecule has 0 saturated heterocycles. The lowest BCUT2D eigenvalue weighted by Gasteiger charge is -2.11. The van der Waals surface area contributed by atoms with E-state index in [1.54, 1.807) is 12.4 Å². The number of nitrogens with zero attached hydrogens (tertiary/aromatic N) is 3. The fourth-order valence-electron chi connectivity index (χ4n) is 1.88. The maximum Gasteiger partial charge on any atom is 0.108 e. The van der Waals surface area contributed by atoms with Gasteiger partial charge < -0.3 is 10.3 Å². The molecule has 0 aliphatic carbocycles. The molecule has 0 aliphatic heterocycles. The summed E-state index contributed by atoms with van der Waals surface area (Å²) >= 11 is 0. The van der Waals surface area contributed by atoms with Gasteiger partial charge in [0.25, 0.3) is 0 Å². The summed E-state index contributed by atoms with van der Waals surface area (Å²) in [6.07, 6.45) is 10.2. The molecule has 1 atom stereocenters. The first kappa shape index (κ1) is 11.8. The maximum atomic E-state index is 6.11. The van der Waals surface area contributed by atoms with Crippen molar-refractivity contribution >= 4 is 0 Å².